The van der Waals surface area contributed by atoms with Gasteiger partial charge in [-0.2, -0.15) is 0 Å². The molecule has 0 aliphatic heterocycles. The lowest BCUT2D eigenvalue weighted by atomic mass is 10.1. The van der Waals surface area contributed by atoms with Crippen LogP contribution in [-0.2, 0) is 9.47 Å². The van der Waals surface area contributed by atoms with Crippen molar-refractivity contribution in [1.29, 1.82) is 0 Å². The number of hydrogen-bond donors (Lipinski definition) is 0. The van der Waals surface area contributed by atoms with Crippen molar-refractivity contribution in [2.45, 2.75) is 46.8 Å². The minimum absolute atomic E-state index is 0.00921. The lowest BCUT2D eigenvalue weighted by Gasteiger charge is -2.19. The fourth-order valence-electron chi connectivity index (χ4n) is 1.05. The van der Waals surface area contributed by atoms with Gasteiger partial charge in [0.25, 0.3) is 0 Å². The minimum atomic E-state index is 0.00921. The van der Waals surface area contributed by atoms with E-state index in [1.54, 1.807) is 0 Å². The van der Waals surface area contributed by atoms with E-state index in [0.717, 1.165) is 19.6 Å². The quantitative estimate of drug-likeness (QED) is 0.552. The van der Waals surface area contributed by atoms with Gasteiger partial charge in [-0.15, -0.1) is 0 Å². The molecule has 0 aromatic heterocycles. The van der Waals surface area contributed by atoms with E-state index in [9.17, 15) is 0 Å². The average Bonchev–Trinajstić information content (AvgIpc) is 2.05. The highest BCUT2D eigenvalue weighted by molar-refractivity contribution is 4.53. The van der Waals surface area contributed by atoms with Gasteiger partial charge in [-0.1, -0.05) is 20.3 Å². The second-order valence-corrected chi connectivity index (χ2v) is 3.09. The molecular weight excluding hydrogens is 152 g/mol. The lowest BCUT2D eigenvalue weighted by molar-refractivity contribution is -0.145. The van der Waals surface area contributed by atoms with Crippen LogP contribution < -0.4 is 0 Å². The largest absolute Gasteiger partial charge is 0.353 e. The summed E-state index contributed by atoms with van der Waals surface area (Å²) >= 11 is 0. The van der Waals surface area contributed by atoms with E-state index in [1.165, 1.54) is 6.42 Å². The van der Waals surface area contributed by atoms with E-state index in [1.807, 2.05) is 13.8 Å². The fraction of sp³-hybridized carbons (Fsp3) is 1.00. The molecule has 0 N–H and O–H groups in total. The van der Waals surface area contributed by atoms with Gasteiger partial charge in [0.2, 0.25) is 0 Å². The van der Waals surface area contributed by atoms with Gasteiger partial charge in [-0.25, -0.2) is 0 Å². The van der Waals surface area contributed by atoms with Crippen LogP contribution in [0.5, 0.6) is 0 Å². The molecule has 12 heavy (non-hydrogen) atoms. The molecule has 74 valence electrons. The van der Waals surface area contributed by atoms with Crippen molar-refractivity contribution in [3.05, 3.63) is 0 Å². The summed E-state index contributed by atoms with van der Waals surface area (Å²) in [5.41, 5.74) is 0. The smallest absolute Gasteiger partial charge is 0.157 e. The molecule has 0 aromatic rings. The van der Waals surface area contributed by atoms with E-state index < -0.39 is 0 Å². The van der Waals surface area contributed by atoms with Crippen molar-refractivity contribution in [2.75, 3.05) is 13.2 Å². The maximum atomic E-state index is 5.43. The molecule has 0 saturated carbocycles. The van der Waals surface area contributed by atoms with Gasteiger partial charge >= 0.3 is 0 Å². The third kappa shape index (κ3) is 5.56. The summed E-state index contributed by atoms with van der Waals surface area (Å²) < 4.78 is 10.9. The zero-order valence-electron chi connectivity index (χ0n) is 8.80. The first-order chi connectivity index (χ1) is 5.74. The first-order valence-corrected chi connectivity index (χ1v) is 4.97. The maximum absolute atomic E-state index is 5.43. The third-order valence-electron chi connectivity index (χ3n) is 2.00. The van der Waals surface area contributed by atoms with Gasteiger partial charge in [-0.05, 0) is 19.8 Å². The van der Waals surface area contributed by atoms with Crippen LogP contribution in [0.2, 0.25) is 0 Å². The molecule has 0 aliphatic carbocycles. The summed E-state index contributed by atoms with van der Waals surface area (Å²) in [5.74, 6) is 0.688. The van der Waals surface area contributed by atoms with Crippen molar-refractivity contribution in [3.8, 4) is 0 Å². The molecule has 0 aliphatic rings. The number of hydrogen-bond acceptors (Lipinski definition) is 2. The van der Waals surface area contributed by atoms with Crippen LogP contribution in [0.25, 0.3) is 0 Å². The van der Waals surface area contributed by atoms with E-state index in [-0.39, 0.29) is 6.29 Å². The SMILES string of the molecule is CCOC(C[C@@H](C)CC)OCC. The molecule has 0 radical (unpaired) electrons. The molecule has 0 amide bonds. The molecule has 0 heterocycles. The Labute approximate surface area is 76.3 Å². The van der Waals surface area contributed by atoms with Gasteiger partial charge < -0.3 is 9.47 Å². The Hall–Kier alpha value is -0.0800. The second kappa shape index (κ2) is 7.56. The molecule has 0 bridgehead atoms. The molecule has 0 aromatic carbocycles. The summed E-state index contributed by atoms with van der Waals surface area (Å²) in [4.78, 5) is 0. The highest BCUT2D eigenvalue weighted by atomic mass is 16.7. The predicted octanol–water partition coefficient (Wildman–Crippen LogP) is 2.82. The Morgan fingerprint density at radius 1 is 1.00 bits per heavy atom. The van der Waals surface area contributed by atoms with Crippen LogP contribution >= 0.6 is 0 Å². The summed E-state index contributed by atoms with van der Waals surface area (Å²) in [6.07, 6.45) is 2.21. The Morgan fingerprint density at radius 3 is 1.83 bits per heavy atom. The first-order valence-electron chi connectivity index (χ1n) is 4.97. The molecule has 0 fully saturated rings. The first kappa shape index (κ1) is 11.9. The van der Waals surface area contributed by atoms with Gasteiger partial charge in [0.1, 0.15) is 0 Å². The fourth-order valence-corrected chi connectivity index (χ4v) is 1.05. The van der Waals surface area contributed by atoms with Crippen LogP contribution in [0.4, 0.5) is 0 Å². The van der Waals surface area contributed by atoms with Gasteiger partial charge in [0.05, 0.1) is 0 Å². The van der Waals surface area contributed by atoms with Crippen LogP contribution in [-0.4, -0.2) is 19.5 Å². The molecule has 1 atom stereocenters. The zero-order chi connectivity index (χ0) is 9.40. The Morgan fingerprint density at radius 2 is 1.50 bits per heavy atom. The van der Waals surface area contributed by atoms with Crippen molar-refractivity contribution in [3.63, 3.8) is 0 Å². The summed E-state index contributed by atoms with van der Waals surface area (Å²) in [7, 11) is 0. The normalized spacial score (nSPS) is 13.8. The summed E-state index contributed by atoms with van der Waals surface area (Å²) in [6, 6.07) is 0. The summed E-state index contributed by atoms with van der Waals surface area (Å²) in [6.45, 7) is 9.90. The summed E-state index contributed by atoms with van der Waals surface area (Å²) in [5, 5.41) is 0. The van der Waals surface area contributed by atoms with Gasteiger partial charge in [0, 0.05) is 19.6 Å². The molecule has 0 unspecified atom stereocenters. The molecule has 0 saturated heterocycles. The van der Waals surface area contributed by atoms with Crippen LogP contribution in [0.15, 0.2) is 0 Å². The predicted molar refractivity (Wildman–Crippen MR) is 51.1 cm³/mol. The monoisotopic (exact) mass is 174 g/mol. The standard InChI is InChI=1S/C10H22O2/c1-5-9(4)8-10(11-6-2)12-7-3/h9-10H,5-8H2,1-4H3/t9-/m0/s1. The molecular formula is C10H22O2. The minimum Gasteiger partial charge on any atom is -0.353 e. The van der Waals surface area contributed by atoms with E-state index in [2.05, 4.69) is 13.8 Å². The Balaban J connectivity index is 3.61. The van der Waals surface area contributed by atoms with E-state index in [4.69, 9.17) is 9.47 Å². The van der Waals surface area contributed by atoms with Gasteiger partial charge in [0.15, 0.2) is 6.29 Å². The highest BCUT2D eigenvalue weighted by Crippen LogP contribution is 2.13. The topological polar surface area (TPSA) is 18.5 Å². The molecule has 2 nitrogen and oxygen atoms in total. The zero-order valence-corrected chi connectivity index (χ0v) is 8.80. The van der Waals surface area contributed by atoms with Crippen molar-refractivity contribution < 1.29 is 9.47 Å². The van der Waals surface area contributed by atoms with E-state index >= 15 is 0 Å². The number of rotatable bonds is 7. The average molecular weight is 174 g/mol. The van der Waals surface area contributed by atoms with Gasteiger partial charge in [-0.3, -0.25) is 0 Å². The van der Waals surface area contributed by atoms with Crippen molar-refractivity contribution >= 4 is 0 Å². The maximum Gasteiger partial charge on any atom is 0.157 e. The molecule has 2 heteroatoms. The Bertz CT molecular complexity index is 87.8. The Kier molecular flexibility index (Phi) is 7.51. The van der Waals surface area contributed by atoms with Crippen LogP contribution in [0, 0.1) is 5.92 Å². The molecule has 0 spiro atoms. The second-order valence-electron chi connectivity index (χ2n) is 3.09. The molecule has 0 rings (SSSR count). The van der Waals surface area contributed by atoms with E-state index in [0.29, 0.717) is 5.92 Å². The lowest BCUT2D eigenvalue weighted by Crippen LogP contribution is -2.20. The van der Waals surface area contributed by atoms with Crippen molar-refractivity contribution in [2.24, 2.45) is 5.92 Å². The third-order valence-corrected chi connectivity index (χ3v) is 2.00. The highest BCUT2D eigenvalue weighted by Gasteiger charge is 2.11. The van der Waals surface area contributed by atoms with Crippen LogP contribution in [0.1, 0.15) is 40.5 Å². The van der Waals surface area contributed by atoms with Crippen molar-refractivity contribution in [1.82, 2.24) is 0 Å². The van der Waals surface area contributed by atoms with Crippen LogP contribution in [0.3, 0.4) is 0 Å². The number of ether oxygens (including phenoxy) is 2.